The lowest BCUT2D eigenvalue weighted by atomic mass is 10.1. The van der Waals surface area contributed by atoms with Crippen LogP contribution in [-0.2, 0) is 14.3 Å². The summed E-state index contributed by atoms with van der Waals surface area (Å²) in [5, 5.41) is 2.49. The molecule has 1 amide bonds. The average Bonchev–Trinajstić information content (AvgIpc) is 2.05. The van der Waals surface area contributed by atoms with E-state index in [1.807, 2.05) is 0 Å². The van der Waals surface area contributed by atoms with Crippen LogP contribution in [0, 0.1) is 0 Å². The Morgan fingerprint density at radius 2 is 2.20 bits per heavy atom. The third kappa shape index (κ3) is 4.29. The first kappa shape index (κ1) is 12.0. The molecular weight excluding hydrogens is 198 g/mol. The normalized spacial score (nSPS) is 22.3. The van der Waals surface area contributed by atoms with Crippen molar-refractivity contribution in [2.75, 3.05) is 13.2 Å². The fourth-order valence-electron chi connectivity index (χ4n) is 1.21. The molecule has 0 radical (unpaired) electrons. The molecule has 0 aromatic heterocycles. The van der Waals surface area contributed by atoms with Gasteiger partial charge < -0.3 is 14.8 Å². The van der Waals surface area contributed by atoms with Gasteiger partial charge in [0.2, 0.25) is 0 Å². The number of rotatable bonds is 1. The highest BCUT2D eigenvalue weighted by Gasteiger charge is 2.26. The summed E-state index contributed by atoms with van der Waals surface area (Å²) < 4.78 is 10.1. The topological polar surface area (TPSA) is 64.6 Å². The zero-order valence-electron chi connectivity index (χ0n) is 9.33. The zero-order valence-corrected chi connectivity index (χ0v) is 9.33. The molecule has 0 bridgehead atoms. The molecule has 1 aliphatic heterocycles. The number of nitrogens with one attached hydrogen (secondary N) is 1. The number of ether oxygens (including phenoxy) is 2. The second-order valence-electron chi connectivity index (χ2n) is 4.49. The maximum Gasteiger partial charge on any atom is 0.408 e. The third-order valence-corrected chi connectivity index (χ3v) is 1.86. The van der Waals surface area contributed by atoms with Crippen molar-refractivity contribution in [3.63, 3.8) is 0 Å². The molecule has 1 rings (SSSR count). The molecule has 1 aliphatic rings. The minimum atomic E-state index is -0.577. The number of carbonyl (C=O) groups excluding carboxylic acids is 2. The van der Waals surface area contributed by atoms with Gasteiger partial charge in [-0.2, -0.15) is 0 Å². The summed E-state index contributed by atoms with van der Waals surface area (Å²) in [7, 11) is 0. The highest BCUT2D eigenvalue weighted by atomic mass is 16.6. The maximum atomic E-state index is 11.3. The predicted molar refractivity (Wildman–Crippen MR) is 53.6 cm³/mol. The van der Waals surface area contributed by atoms with Crippen molar-refractivity contribution in [3.05, 3.63) is 0 Å². The van der Waals surface area contributed by atoms with Crippen molar-refractivity contribution < 1.29 is 19.1 Å². The van der Waals surface area contributed by atoms with Crippen LogP contribution in [0.25, 0.3) is 0 Å². The van der Waals surface area contributed by atoms with Crippen molar-refractivity contribution in [2.24, 2.45) is 0 Å². The first-order valence-electron chi connectivity index (χ1n) is 4.98. The van der Waals surface area contributed by atoms with Crippen LogP contribution in [0.3, 0.4) is 0 Å². The largest absolute Gasteiger partial charge is 0.444 e. The number of hydrogen-bond donors (Lipinski definition) is 1. The molecule has 1 saturated heterocycles. The molecule has 0 aromatic carbocycles. The van der Waals surface area contributed by atoms with Gasteiger partial charge in [-0.1, -0.05) is 0 Å². The second-order valence-corrected chi connectivity index (χ2v) is 4.49. The second kappa shape index (κ2) is 4.61. The lowest BCUT2D eigenvalue weighted by Gasteiger charge is -2.25. The highest BCUT2D eigenvalue weighted by Crippen LogP contribution is 2.08. The van der Waals surface area contributed by atoms with E-state index in [2.05, 4.69) is 5.32 Å². The van der Waals surface area contributed by atoms with E-state index in [1.54, 1.807) is 20.8 Å². The Bertz CT molecular complexity index is 257. The number of alkyl carbamates (subject to hydrolysis) is 1. The van der Waals surface area contributed by atoms with Crippen LogP contribution in [0.5, 0.6) is 0 Å². The number of Topliss-reactive ketones (excluding diaryl/α,β-unsaturated/α-hetero) is 1. The number of carbonyl (C=O) groups is 2. The lowest BCUT2D eigenvalue weighted by molar-refractivity contribution is -0.127. The summed E-state index contributed by atoms with van der Waals surface area (Å²) in [6.07, 6.45) is -0.230. The van der Waals surface area contributed by atoms with Gasteiger partial charge in [0.25, 0.3) is 0 Å². The summed E-state index contributed by atoms with van der Waals surface area (Å²) >= 11 is 0. The summed E-state index contributed by atoms with van der Waals surface area (Å²) in [4.78, 5) is 22.7. The van der Waals surface area contributed by atoms with Gasteiger partial charge in [0.15, 0.2) is 5.78 Å². The molecule has 5 nitrogen and oxygen atoms in total. The molecule has 0 spiro atoms. The van der Waals surface area contributed by atoms with Crippen LogP contribution in [0.1, 0.15) is 27.2 Å². The molecule has 1 N–H and O–H groups in total. The molecule has 0 aliphatic carbocycles. The molecule has 1 atom stereocenters. The van der Waals surface area contributed by atoms with E-state index in [0.29, 0.717) is 13.0 Å². The van der Waals surface area contributed by atoms with Crippen molar-refractivity contribution in [1.82, 2.24) is 5.32 Å². The van der Waals surface area contributed by atoms with Crippen molar-refractivity contribution in [3.8, 4) is 0 Å². The van der Waals surface area contributed by atoms with Crippen LogP contribution in [0.2, 0.25) is 0 Å². The van der Waals surface area contributed by atoms with Crippen molar-refractivity contribution >= 4 is 11.9 Å². The molecule has 1 fully saturated rings. The molecule has 5 heteroatoms. The Morgan fingerprint density at radius 3 is 2.73 bits per heavy atom. The quantitative estimate of drug-likeness (QED) is 0.705. The Labute approximate surface area is 89.1 Å². The van der Waals surface area contributed by atoms with Crippen LogP contribution in [-0.4, -0.2) is 36.7 Å². The van der Waals surface area contributed by atoms with E-state index in [0.717, 1.165) is 0 Å². The summed E-state index contributed by atoms with van der Waals surface area (Å²) in [6.45, 7) is 5.98. The van der Waals surface area contributed by atoms with E-state index < -0.39 is 17.7 Å². The predicted octanol–water partition coefficient (Wildman–Crippen LogP) is 0.869. The first-order valence-corrected chi connectivity index (χ1v) is 4.98. The van der Waals surface area contributed by atoms with Gasteiger partial charge in [-0.25, -0.2) is 4.79 Å². The van der Waals surface area contributed by atoms with Gasteiger partial charge in [-0.05, 0) is 20.8 Å². The van der Waals surface area contributed by atoms with Gasteiger partial charge in [0, 0.05) is 6.42 Å². The Morgan fingerprint density at radius 1 is 1.53 bits per heavy atom. The fraction of sp³-hybridized carbons (Fsp3) is 0.800. The highest BCUT2D eigenvalue weighted by molar-refractivity contribution is 5.88. The number of amides is 1. The van der Waals surface area contributed by atoms with Crippen molar-refractivity contribution in [2.45, 2.75) is 38.8 Å². The standard InChI is InChI=1S/C10H17NO4/c1-10(2,3)15-9(13)11-7-6-14-5-4-8(7)12/h7H,4-6H2,1-3H3,(H,11,13)/t7-/m0/s1. The van der Waals surface area contributed by atoms with Crippen LogP contribution >= 0.6 is 0 Å². The smallest absolute Gasteiger partial charge is 0.408 e. The Balaban J connectivity index is 2.40. The van der Waals surface area contributed by atoms with Gasteiger partial charge in [-0.15, -0.1) is 0 Å². The average molecular weight is 215 g/mol. The van der Waals surface area contributed by atoms with Crippen LogP contribution < -0.4 is 5.32 Å². The van der Waals surface area contributed by atoms with E-state index in [1.165, 1.54) is 0 Å². The third-order valence-electron chi connectivity index (χ3n) is 1.86. The molecule has 0 saturated carbocycles. The van der Waals surface area contributed by atoms with E-state index in [9.17, 15) is 9.59 Å². The molecule has 86 valence electrons. The lowest BCUT2D eigenvalue weighted by Crippen LogP contribution is -2.48. The van der Waals surface area contributed by atoms with Crippen LogP contribution in [0.15, 0.2) is 0 Å². The molecule has 1 heterocycles. The van der Waals surface area contributed by atoms with Gasteiger partial charge >= 0.3 is 6.09 Å². The fourth-order valence-corrected chi connectivity index (χ4v) is 1.21. The summed E-state index contributed by atoms with van der Waals surface area (Å²) in [6, 6.07) is -0.561. The summed E-state index contributed by atoms with van der Waals surface area (Å²) in [5.74, 6) is -0.00731. The van der Waals surface area contributed by atoms with E-state index in [-0.39, 0.29) is 12.4 Å². The molecule has 15 heavy (non-hydrogen) atoms. The maximum absolute atomic E-state index is 11.3. The SMILES string of the molecule is CC(C)(C)OC(=O)N[C@H]1COCCC1=O. The monoisotopic (exact) mass is 215 g/mol. The minimum absolute atomic E-state index is 0.00731. The number of ketones is 1. The van der Waals surface area contributed by atoms with Crippen LogP contribution in [0.4, 0.5) is 4.79 Å². The zero-order chi connectivity index (χ0) is 11.5. The Kier molecular flexibility index (Phi) is 3.68. The minimum Gasteiger partial charge on any atom is -0.444 e. The molecular formula is C10H17NO4. The molecule has 0 aromatic rings. The van der Waals surface area contributed by atoms with Crippen molar-refractivity contribution in [1.29, 1.82) is 0 Å². The molecule has 0 unspecified atom stereocenters. The first-order chi connectivity index (χ1) is 6.88. The van der Waals surface area contributed by atoms with Gasteiger partial charge in [0.1, 0.15) is 11.6 Å². The Hall–Kier alpha value is -1.10. The van der Waals surface area contributed by atoms with Gasteiger partial charge in [-0.3, -0.25) is 4.79 Å². The van der Waals surface area contributed by atoms with E-state index in [4.69, 9.17) is 9.47 Å². The van der Waals surface area contributed by atoms with Gasteiger partial charge in [0.05, 0.1) is 13.2 Å². The summed E-state index contributed by atoms with van der Waals surface area (Å²) in [5.41, 5.74) is -0.553. The number of hydrogen-bond acceptors (Lipinski definition) is 4. The van der Waals surface area contributed by atoms with E-state index >= 15 is 0 Å².